The zero-order valence-corrected chi connectivity index (χ0v) is 24.6. The molecular weight excluding hydrogens is 488 g/mol. The minimum absolute atomic E-state index is 0.0290. The number of hydrogen-bond acceptors (Lipinski definition) is 8. The van der Waals surface area contributed by atoms with Crippen LogP contribution in [-0.4, -0.2) is 90.4 Å². The van der Waals surface area contributed by atoms with E-state index in [0.29, 0.717) is 79.1 Å². The monoisotopic (exact) mass is 548 g/mol. The van der Waals surface area contributed by atoms with Gasteiger partial charge in [-0.25, -0.2) is 0 Å². The number of aliphatic hydroxyl groups excluding tert-OH is 1. The third-order valence-electron chi connectivity index (χ3n) is 6.20. The van der Waals surface area contributed by atoms with Crippen LogP contribution in [0.15, 0.2) is 0 Å². The van der Waals surface area contributed by atoms with Crippen LogP contribution in [-0.2, 0) is 33.2 Å². The van der Waals surface area contributed by atoms with Crippen LogP contribution < -0.4 is 0 Å². The van der Waals surface area contributed by atoms with Gasteiger partial charge in [0.15, 0.2) is 0 Å². The van der Waals surface area contributed by atoms with Crippen LogP contribution in [0.5, 0.6) is 0 Å². The van der Waals surface area contributed by atoms with E-state index in [0.717, 1.165) is 12.8 Å². The molecule has 0 aliphatic rings. The first-order chi connectivity index (χ1) is 18.8. The number of unbranched alkanes of at least 4 members (excludes halogenated alkanes) is 14. The fraction of sp³-hybridized carbons (Fsp3) is 0.967. The van der Waals surface area contributed by atoms with Gasteiger partial charge < -0.3 is 33.5 Å². The van der Waals surface area contributed by atoms with Crippen LogP contribution in [0.4, 0.5) is 0 Å². The summed E-state index contributed by atoms with van der Waals surface area (Å²) in [5, 5.41) is 8.57. The standard InChI is InChI=1S/C30H60O8/c1-2-3-4-5-6-7-8-9-10-11-12-13-14-15-16-17-30(32)38-29-28-37-27-26-36-25-24-35-23-22-34-21-20-33-19-18-31/h31H,2-29H2,1H3. The molecule has 0 unspecified atom stereocenters. The Labute approximate surface area is 233 Å². The van der Waals surface area contributed by atoms with Crippen molar-refractivity contribution in [3.63, 3.8) is 0 Å². The third-order valence-corrected chi connectivity index (χ3v) is 6.20. The molecule has 0 spiro atoms. The van der Waals surface area contributed by atoms with Crippen molar-refractivity contribution in [1.82, 2.24) is 0 Å². The fourth-order valence-corrected chi connectivity index (χ4v) is 3.97. The topological polar surface area (TPSA) is 92.7 Å². The van der Waals surface area contributed by atoms with Crippen LogP contribution in [0, 0.1) is 0 Å². The maximum Gasteiger partial charge on any atom is 0.305 e. The first-order valence-corrected chi connectivity index (χ1v) is 15.5. The quantitative estimate of drug-likeness (QED) is 0.0804. The number of aliphatic hydroxyl groups is 1. The molecule has 0 bridgehead atoms. The van der Waals surface area contributed by atoms with E-state index >= 15 is 0 Å². The van der Waals surface area contributed by atoms with Crippen LogP contribution in [0.2, 0.25) is 0 Å². The predicted octanol–water partition coefficient (Wildman–Crippen LogP) is 5.87. The Hall–Kier alpha value is -0.770. The predicted molar refractivity (Wildman–Crippen MR) is 152 cm³/mol. The Bertz CT molecular complexity index is 450. The molecule has 0 rings (SSSR count). The second kappa shape index (κ2) is 34.3. The van der Waals surface area contributed by atoms with E-state index in [2.05, 4.69) is 6.92 Å². The van der Waals surface area contributed by atoms with Crippen LogP contribution in [0.25, 0.3) is 0 Å². The second-order valence-corrected chi connectivity index (χ2v) is 9.71. The summed E-state index contributed by atoms with van der Waals surface area (Å²) in [6.07, 6.45) is 20.3. The normalized spacial score (nSPS) is 11.3. The molecule has 0 aromatic carbocycles. The smallest absolute Gasteiger partial charge is 0.305 e. The average molecular weight is 549 g/mol. The maximum absolute atomic E-state index is 11.8. The number of rotatable bonds is 33. The molecule has 8 nitrogen and oxygen atoms in total. The van der Waals surface area contributed by atoms with Gasteiger partial charge in [0.05, 0.1) is 72.7 Å². The molecule has 1 N–H and O–H groups in total. The van der Waals surface area contributed by atoms with E-state index in [-0.39, 0.29) is 12.6 Å². The molecular formula is C30H60O8. The van der Waals surface area contributed by atoms with Gasteiger partial charge >= 0.3 is 5.97 Å². The molecule has 0 heterocycles. The zero-order valence-electron chi connectivity index (χ0n) is 24.6. The van der Waals surface area contributed by atoms with Crippen molar-refractivity contribution < 1.29 is 38.3 Å². The molecule has 0 atom stereocenters. The van der Waals surface area contributed by atoms with Crippen LogP contribution >= 0.6 is 0 Å². The number of hydrogen-bond donors (Lipinski definition) is 1. The molecule has 0 aliphatic carbocycles. The summed E-state index contributed by atoms with van der Waals surface area (Å²) in [7, 11) is 0. The summed E-state index contributed by atoms with van der Waals surface area (Å²) in [5.41, 5.74) is 0. The maximum atomic E-state index is 11.8. The largest absolute Gasteiger partial charge is 0.463 e. The number of esters is 1. The van der Waals surface area contributed by atoms with E-state index in [9.17, 15) is 4.79 Å². The summed E-state index contributed by atoms with van der Waals surface area (Å²) >= 11 is 0. The highest BCUT2D eigenvalue weighted by Gasteiger charge is 2.03. The average Bonchev–Trinajstić information content (AvgIpc) is 2.92. The Kier molecular flexibility index (Phi) is 33.6. The molecule has 0 radical (unpaired) electrons. The van der Waals surface area contributed by atoms with E-state index in [1.807, 2.05) is 0 Å². The van der Waals surface area contributed by atoms with Crippen molar-refractivity contribution >= 4 is 5.97 Å². The first kappa shape index (κ1) is 37.2. The molecule has 0 aliphatic heterocycles. The SMILES string of the molecule is CCCCCCCCCCCCCCCCCC(=O)OCCOCCOCCOCCOCCOCCO. The van der Waals surface area contributed by atoms with Crippen molar-refractivity contribution in [2.24, 2.45) is 0 Å². The van der Waals surface area contributed by atoms with E-state index < -0.39 is 0 Å². The Morgan fingerprint density at radius 2 is 0.763 bits per heavy atom. The van der Waals surface area contributed by atoms with Crippen molar-refractivity contribution in [3.05, 3.63) is 0 Å². The van der Waals surface area contributed by atoms with Crippen molar-refractivity contribution in [1.29, 1.82) is 0 Å². The number of ether oxygens (including phenoxy) is 6. The fourth-order valence-electron chi connectivity index (χ4n) is 3.97. The highest BCUT2D eigenvalue weighted by Crippen LogP contribution is 2.13. The van der Waals surface area contributed by atoms with E-state index in [4.69, 9.17) is 33.5 Å². The van der Waals surface area contributed by atoms with Gasteiger partial charge in [-0.3, -0.25) is 4.79 Å². The lowest BCUT2D eigenvalue weighted by atomic mass is 10.0. The Balaban J connectivity index is 3.14. The lowest BCUT2D eigenvalue weighted by Crippen LogP contribution is -2.15. The minimum atomic E-state index is -0.127. The number of carbonyl (C=O) groups excluding carboxylic acids is 1. The molecule has 0 saturated carbocycles. The lowest BCUT2D eigenvalue weighted by Gasteiger charge is -2.08. The summed E-state index contributed by atoms with van der Waals surface area (Å²) in [6.45, 7) is 7.25. The minimum Gasteiger partial charge on any atom is -0.463 e. The van der Waals surface area contributed by atoms with Gasteiger partial charge in [-0.05, 0) is 6.42 Å². The molecule has 0 aromatic heterocycles. The molecule has 8 heteroatoms. The third kappa shape index (κ3) is 33.3. The second-order valence-electron chi connectivity index (χ2n) is 9.71. The summed E-state index contributed by atoms with van der Waals surface area (Å²) < 4.78 is 31.9. The highest BCUT2D eigenvalue weighted by atomic mass is 16.6. The van der Waals surface area contributed by atoms with Gasteiger partial charge in [0.2, 0.25) is 0 Å². The first-order valence-electron chi connectivity index (χ1n) is 15.5. The highest BCUT2D eigenvalue weighted by molar-refractivity contribution is 5.69. The molecule has 228 valence electrons. The van der Waals surface area contributed by atoms with Crippen molar-refractivity contribution in [2.75, 3.05) is 79.3 Å². The van der Waals surface area contributed by atoms with Gasteiger partial charge in [-0.2, -0.15) is 0 Å². The van der Waals surface area contributed by atoms with E-state index in [1.165, 1.54) is 83.5 Å². The molecule has 0 amide bonds. The van der Waals surface area contributed by atoms with E-state index in [1.54, 1.807) is 0 Å². The molecule has 38 heavy (non-hydrogen) atoms. The van der Waals surface area contributed by atoms with Crippen LogP contribution in [0.1, 0.15) is 110 Å². The zero-order chi connectivity index (χ0) is 27.6. The van der Waals surface area contributed by atoms with Gasteiger partial charge in [0.1, 0.15) is 6.61 Å². The lowest BCUT2D eigenvalue weighted by molar-refractivity contribution is -0.145. The van der Waals surface area contributed by atoms with Gasteiger partial charge in [0.25, 0.3) is 0 Å². The van der Waals surface area contributed by atoms with Crippen molar-refractivity contribution in [3.8, 4) is 0 Å². The Morgan fingerprint density at radius 1 is 0.447 bits per heavy atom. The van der Waals surface area contributed by atoms with Crippen LogP contribution in [0.3, 0.4) is 0 Å². The van der Waals surface area contributed by atoms with Gasteiger partial charge in [-0.1, -0.05) is 96.8 Å². The Morgan fingerprint density at radius 3 is 1.13 bits per heavy atom. The molecule has 0 fully saturated rings. The molecule has 0 aromatic rings. The van der Waals surface area contributed by atoms with Gasteiger partial charge in [0, 0.05) is 6.42 Å². The summed E-state index contributed by atoms with van der Waals surface area (Å²) in [4.78, 5) is 11.8. The van der Waals surface area contributed by atoms with Crippen molar-refractivity contribution in [2.45, 2.75) is 110 Å². The number of carbonyl (C=O) groups is 1. The summed E-state index contributed by atoms with van der Waals surface area (Å²) in [6, 6.07) is 0. The molecule has 0 saturated heterocycles. The van der Waals surface area contributed by atoms with Gasteiger partial charge in [-0.15, -0.1) is 0 Å². The summed E-state index contributed by atoms with van der Waals surface area (Å²) in [5.74, 6) is -0.127.